The summed E-state index contributed by atoms with van der Waals surface area (Å²) in [5.41, 5.74) is 7.94. The third-order valence-electron chi connectivity index (χ3n) is 1.94. The van der Waals surface area contributed by atoms with Crippen LogP contribution in [0.25, 0.3) is 0 Å². The predicted molar refractivity (Wildman–Crippen MR) is 57.5 cm³/mol. The molecule has 0 saturated heterocycles. The van der Waals surface area contributed by atoms with Crippen LogP contribution < -0.4 is 10.5 Å². The summed E-state index contributed by atoms with van der Waals surface area (Å²) in [6.07, 6.45) is 2.64. The highest BCUT2D eigenvalue weighted by atomic mass is 16.5. The first kappa shape index (κ1) is 11.0. The second-order valence-corrected chi connectivity index (χ2v) is 4.34. The van der Waals surface area contributed by atoms with Crippen molar-refractivity contribution >= 4 is 0 Å². The highest BCUT2D eigenvalue weighted by Crippen LogP contribution is 2.17. The van der Waals surface area contributed by atoms with Crippen molar-refractivity contribution < 1.29 is 4.74 Å². The Kier molecular flexibility index (Phi) is 3.11. The van der Waals surface area contributed by atoms with Crippen molar-refractivity contribution in [2.45, 2.75) is 32.7 Å². The molecule has 14 heavy (non-hydrogen) atoms. The lowest BCUT2D eigenvalue weighted by Gasteiger charge is -2.18. The zero-order valence-electron chi connectivity index (χ0n) is 9.29. The largest absolute Gasteiger partial charge is 0.481 e. The fourth-order valence-corrected chi connectivity index (χ4v) is 1.46. The molecule has 0 radical (unpaired) electrons. The van der Waals surface area contributed by atoms with Crippen LogP contribution in [0.3, 0.4) is 0 Å². The maximum atomic E-state index is 5.93. The fraction of sp³-hybridized carbons (Fsp3) is 0.545. The topological polar surface area (TPSA) is 48.1 Å². The highest BCUT2D eigenvalue weighted by molar-refractivity contribution is 5.29. The van der Waals surface area contributed by atoms with Crippen LogP contribution in [-0.4, -0.2) is 17.6 Å². The first-order valence-corrected chi connectivity index (χ1v) is 4.71. The Bertz CT molecular complexity index is 316. The lowest BCUT2D eigenvalue weighted by molar-refractivity contribution is 0.393. The molecule has 0 amide bonds. The van der Waals surface area contributed by atoms with Crippen LogP contribution in [0.15, 0.2) is 12.3 Å². The Morgan fingerprint density at radius 2 is 2.14 bits per heavy atom. The molecule has 1 rings (SSSR count). The maximum Gasteiger partial charge on any atom is 0.215 e. The lowest BCUT2D eigenvalue weighted by Crippen LogP contribution is -2.34. The number of nitrogens with zero attached hydrogens (tertiary/aromatic N) is 1. The van der Waals surface area contributed by atoms with E-state index < -0.39 is 0 Å². The predicted octanol–water partition coefficient (Wildman–Crippen LogP) is 1.68. The van der Waals surface area contributed by atoms with Crippen LogP contribution in [-0.2, 0) is 6.42 Å². The standard InChI is InChI=1S/C11H18N2O/c1-8-5-9(6-11(2,3)12)7-13-10(8)14-4/h5,7H,6,12H2,1-4H3. The van der Waals surface area contributed by atoms with E-state index in [0.717, 1.165) is 17.5 Å². The third kappa shape index (κ3) is 3.00. The van der Waals surface area contributed by atoms with Crippen LogP contribution in [0.2, 0.25) is 0 Å². The number of pyridine rings is 1. The molecule has 3 nitrogen and oxygen atoms in total. The van der Waals surface area contributed by atoms with Gasteiger partial charge in [0.1, 0.15) is 0 Å². The van der Waals surface area contributed by atoms with E-state index >= 15 is 0 Å². The van der Waals surface area contributed by atoms with Gasteiger partial charge in [-0.25, -0.2) is 4.98 Å². The second kappa shape index (κ2) is 3.96. The van der Waals surface area contributed by atoms with E-state index in [-0.39, 0.29) is 5.54 Å². The number of ether oxygens (including phenoxy) is 1. The van der Waals surface area contributed by atoms with Gasteiger partial charge in [-0.05, 0) is 38.8 Å². The van der Waals surface area contributed by atoms with Gasteiger partial charge in [0, 0.05) is 17.3 Å². The molecule has 0 aromatic carbocycles. The smallest absolute Gasteiger partial charge is 0.215 e. The molecule has 1 aromatic heterocycles. The molecule has 1 heterocycles. The van der Waals surface area contributed by atoms with Crippen molar-refractivity contribution in [2.75, 3.05) is 7.11 Å². The van der Waals surface area contributed by atoms with E-state index in [2.05, 4.69) is 11.1 Å². The SMILES string of the molecule is COc1ncc(CC(C)(C)N)cc1C. The minimum atomic E-state index is -0.192. The van der Waals surface area contributed by atoms with Crippen LogP contribution in [0.1, 0.15) is 25.0 Å². The first-order valence-electron chi connectivity index (χ1n) is 4.71. The summed E-state index contributed by atoms with van der Waals surface area (Å²) in [5, 5.41) is 0. The maximum absolute atomic E-state index is 5.93. The minimum Gasteiger partial charge on any atom is -0.481 e. The Morgan fingerprint density at radius 1 is 1.50 bits per heavy atom. The Morgan fingerprint density at radius 3 is 2.57 bits per heavy atom. The van der Waals surface area contributed by atoms with Gasteiger partial charge in [0.15, 0.2) is 0 Å². The van der Waals surface area contributed by atoms with Crippen molar-refractivity contribution in [1.82, 2.24) is 4.98 Å². The zero-order valence-corrected chi connectivity index (χ0v) is 9.29. The first-order chi connectivity index (χ1) is 6.42. The number of aryl methyl sites for hydroxylation is 1. The van der Waals surface area contributed by atoms with Crippen LogP contribution in [0.4, 0.5) is 0 Å². The number of methoxy groups -OCH3 is 1. The van der Waals surface area contributed by atoms with E-state index in [1.54, 1.807) is 7.11 Å². The van der Waals surface area contributed by atoms with Crippen molar-refractivity contribution in [3.05, 3.63) is 23.4 Å². The van der Waals surface area contributed by atoms with Gasteiger partial charge in [-0.15, -0.1) is 0 Å². The highest BCUT2D eigenvalue weighted by Gasteiger charge is 2.12. The van der Waals surface area contributed by atoms with Crippen LogP contribution in [0, 0.1) is 6.92 Å². The van der Waals surface area contributed by atoms with Crippen LogP contribution >= 0.6 is 0 Å². The van der Waals surface area contributed by atoms with Crippen molar-refractivity contribution in [3.63, 3.8) is 0 Å². The summed E-state index contributed by atoms with van der Waals surface area (Å²) >= 11 is 0. The van der Waals surface area contributed by atoms with E-state index in [1.807, 2.05) is 27.0 Å². The summed E-state index contributed by atoms with van der Waals surface area (Å²) in [7, 11) is 1.63. The van der Waals surface area contributed by atoms with Gasteiger partial charge in [0.2, 0.25) is 5.88 Å². The molecule has 0 spiro atoms. The van der Waals surface area contributed by atoms with Gasteiger partial charge >= 0.3 is 0 Å². The van der Waals surface area contributed by atoms with E-state index in [0.29, 0.717) is 5.88 Å². The van der Waals surface area contributed by atoms with Gasteiger partial charge < -0.3 is 10.5 Å². The molecule has 0 unspecified atom stereocenters. The van der Waals surface area contributed by atoms with Gasteiger partial charge in [-0.2, -0.15) is 0 Å². The van der Waals surface area contributed by atoms with Gasteiger partial charge in [-0.1, -0.05) is 0 Å². The average molecular weight is 194 g/mol. The molecule has 0 bridgehead atoms. The average Bonchev–Trinajstić information content (AvgIpc) is 2.01. The molecule has 0 fully saturated rings. The molecule has 2 N–H and O–H groups in total. The number of aromatic nitrogens is 1. The molecular formula is C11H18N2O. The molecule has 0 aliphatic rings. The molecule has 0 saturated carbocycles. The second-order valence-electron chi connectivity index (χ2n) is 4.34. The summed E-state index contributed by atoms with van der Waals surface area (Å²) in [6, 6.07) is 2.07. The molecular weight excluding hydrogens is 176 g/mol. The van der Waals surface area contributed by atoms with E-state index in [9.17, 15) is 0 Å². The third-order valence-corrected chi connectivity index (χ3v) is 1.94. The van der Waals surface area contributed by atoms with E-state index in [1.165, 1.54) is 0 Å². The number of rotatable bonds is 3. The van der Waals surface area contributed by atoms with Gasteiger partial charge in [0.25, 0.3) is 0 Å². The quantitative estimate of drug-likeness (QED) is 0.796. The Hall–Kier alpha value is -1.09. The Balaban J connectivity index is 2.87. The van der Waals surface area contributed by atoms with E-state index in [4.69, 9.17) is 10.5 Å². The summed E-state index contributed by atoms with van der Waals surface area (Å²) < 4.78 is 5.09. The number of hydrogen-bond donors (Lipinski definition) is 1. The number of hydrogen-bond acceptors (Lipinski definition) is 3. The minimum absolute atomic E-state index is 0.192. The molecule has 0 aliphatic carbocycles. The van der Waals surface area contributed by atoms with Crippen molar-refractivity contribution in [1.29, 1.82) is 0 Å². The molecule has 78 valence electrons. The zero-order chi connectivity index (χ0) is 10.8. The number of nitrogens with two attached hydrogens (primary N) is 1. The monoisotopic (exact) mass is 194 g/mol. The normalized spacial score (nSPS) is 11.5. The fourth-order valence-electron chi connectivity index (χ4n) is 1.46. The Labute approximate surface area is 85.3 Å². The summed E-state index contributed by atoms with van der Waals surface area (Å²) in [6.45, 7) is 6.00. The molecule has 0 atom stereocenters. The molecule has 0 aliphatic heterocycles. The van der Waals surface area contributed by atoms with Gasteiger partial charge in [0.05, 0.1) is 7.11 Å². The molecule has 3 heteroatoms. The van der Waals surface area contributed by atoms with Crippen molar-refractivity contribution in [3.8, 4) is 5.88 Å². The lowest BCUT2D eigenvalue weighted by atomic mass is 9.97. The van der Waals surface area contributed by atoms with Crippen LogP contribution in [0.5, 0.6) is 5.88 Å². The summed E-state index contributed by atoms with van der Waals surface area (Å²) in [4.78, 5) is 4.20. The van der Waals surface area contributed by atoms with Gasteiger partial charge in [-0.3, -0.25) is 0 Å². The van der Waals surface area contributed by atoms with Crippen molar-refractivity contribution in [2.24, 2.45) is 5.73 Å². The molecule has 1 aromatic rings. The summed E-state index contributed by atoms with van der Waals surface area (Å²) in [5.74, 6) is 0.684.